The number of rotatable bonds is 4. The molecule has 1 fully saturated rings. The van der Waals surface area contributed by atoms with Gasteiger partial charge >= 0.3 is 0 Å². The lowest BCUT2D eigenvalue weighted by Gasteiger charge is -2.21. The van der Waals surface area contributed by atoms with Crippen molar-refractivity contribution in [3.05, 3.63) is 23.8 Å². The molecule has 4 nitrogen and oxygen atoms in total. The molecule has 17 heavy (non-hydrogen) atoms. The quantitative estimate of drug-likeness (QED) is 0.770. The summed E-state index contributed by atoms with van der Waals surface area (Å²) in [6.07, 6.45) is 2.23. The van der Waals surface area contributed by atoms with Gasteiger partial charge in [0.05, 0.1) is 17.9 Å². The highest BCUT2D eigenvalue weighted by atomic mass is 16.2. The maximum Gasteiger partial charge on any atom is 0.239 e. The van der Waals surface area contributed by atoms with Crippen LogP contribution in [0, 0.1) is 6.92 Å². The lowest BCUT2D eigenvalue weighted by Crippen LogP contribution is -2.36. The first kappa shape index (κ1) is 11.8. The predicted molar refractivity (Wildman–Crippen MR) is 70.0 cm³/mol. The average molecular weight is 233 g/mol. The number of hydrogen-bond donors (Lipinski definition) is 2. The minimum atomic E-state index is 0.0657. The number of nitrogen functional groups attached to an aromatic ring is 1. The molecule has 1 aromatic rings. The van der Waals surface area contributed by atoms with Crippen LogP contribution in [0.4, 0.5) is 11.4 Å². The normalized spacial score (nSPS) is 14.5. The Balaban J connectivity index is 2.00. The lowest BCUT2D eigenvalue weighted by molar-refractivity contribution is -0.119. The van der Waals surface area contributed by atoms with E-state index < -0.39 is 0 Å². The van der Waals surface area contributed by atoms with Gasteiger partial charge in [0.15, 0.2) is 0 Å². The van der Waals surface area contributed by atoms with Gasteiger partial charge in [0.2, 0.25) is 5.91 Å². The van der Waals surface area contributed by atoms with E-state index in [-0.39, 0.29) is 5.91 Å². The van der Waals surface area contributed by atoms with Gasteiger partial charge in [-0.25, -0.2) is 0 Å². The van der Waals surface area contributed by atoms with Crippen molar-refractivity contribution in [1.82, 2.24) is 5.32 Å². The Labute approximate surface area is 102 Å². The van der Waals surface area contributed by atoms with Crippen molar-refractivity contribution in [3.8, 4) is 0 Å². The van der Waals surface area contributed by atoms with E-state index in [1.807, 2.05) is 37.1 Å². The number of nitrogens with two attached hydrogens (primary N) is 1. The number of nitrogens with zero attached hydrogens (tertiary/aromatic N) is 1. The van der Waals surface area contributed by atoms with Gasteiger partial charge in [-0.1, -0.05) is 12.1 Å². The molecule has 1 aromatic carbocycles. The number of carbonyl (C=O) groups is 1. The molecule has 1 aliphatic carbocycles. The second kappa shape index (κ2) is 4.65. The predicted octanol–water partition coefficient (Wildman–Crippen LogP) is 1.29. The zero-order valence-corrected chi connectivity index (χ0v) is 10.4. The van der Waals surface area contributed by atoms with Gasteiger partial charge in [0.1, 0.15) is 0 Å². The first-order valence-corrected chi connectivity index (χ1v) is 5.93. The van der Waals surface area contributed by atoms with Crippen LogP contribution in [-0.2, 0) is 4.79 Å². The standard InChI is InChI=1S/C13H19N3O/c1-9-4-3-5-11(13(9)14)16(2)8-12(17)15-10-6-7-10/h3-5,10H,6-8,14H2,1-2H3,(H,15,17). The van der Waals surface area contributed by atoms with Gasteiger partial charge < -0.3 is 16.0 Å². The molecule has 3 N–H and O–H groups in total. The van der Waals surface area contributed by atoms with Crippen LogP contribution < -0.4 is 16.0 Å². The van der Waals surface area contributed by atoms with E-state index in [2.05, 4.69) is 5.32 Å². The third-order valence-corrected chi connectivity index (χ3v) is 3.04. The summed E-state index contributed by atoms with van der Waals surface area (Å²) in [5.41, 5.74) is 8.70. The van der Waals surface area contributed by atoms with Gasteiger partial charge in [-0.2, -0.15) is 0 Å². The lowest BCUT2D eigenvalue weighted by atomic mass is 10.1. The van der Waals surface area contributed by atoms with Crippen LogP contribution in [0.1, 0.15) is 18.4 Å². The minimum Gasteiger partial charge on any atom is -0.397 e. The Kier molecular flexibility index (Phi) is 3.22. The summed E-state index contributed by atoms with van der Waals surface area (Å²) in [5, 5.41) is 2.97. The molecule has 0 radical (unpaired) electrons. The summed E-state index contributed by atoms with van der Waals surface area (Å²) in [5.74, 6) is 0.0657. The van der Waals surface area contributed by atoms with Crippen LogP contribution in [0.25, 0.3) is 0 Å². The maximum absolute atomic E-state index is 11.7. The van der Waals surface area contributed by atoms with E-state index >= 15 is 0 Å². The number of para-hydroxylation sites is 1. The molecule has 2 rings (SSSR count). The molecule has 1 saturated carbocycles. The monoisotopic (exact) mass is 233 g/mol. The van der Waals surface area contributed by atoms with Gasteiger partial charge in [-0.15, -0.1) is 0 Å². The molecule has 0 spiro atoms. The summed E-state index contributed by atoms with van der Waals surface area (Å²) in [4.78, 5) is 13.6. The minimum absolute atomic E-state index is 0.0657. The fraction of sp³-hybridized carbons (Fsp3) is 0.462. The Hall–Kier alpha value is -1.71. The number of anilines is 2. The largest absolute Gasteiger partial charge is 0.397 e. The highest BCUT2D eigenvalue weighted by Gasteiger charge is 2.23. The van der Waals surface area contributed by atoms with Crippen molar-refractivity contribution >= 4 is 17.3 Å². The summed E-state index contributed by atoms with van der Waals surface area (Å²) in [7, 11) is 1.89. The molecule has 1 aliphatic rings. The Morgan fingerprint density at radius 3 is 2.88 bits per heavy atom. The Bertz CT molecular complexity index is 427. The van der Waals surface area contributed by atoms with Crippen LogP contribution in [0.3, 0.4) is 0 Å². The average Bonchev–Trinajstić information content (AvgIpc) is 3.05. The van der Waals surface area contributed by atoms with E-state index in [0.29, 0.717) is 12.6 Å². The number of carbonyl (C=O) groups excluding carboxylic acids is 1. The van der Waals surface area contributed by atoms with Gasteiger partial charge in [-0.3, -0.25) is 4.79 Å². The molecule has 0 unspecified atom stereocenters. The number of nitrogens with one attached hydrogen (secondary N) is 1. The van der Waals surface area contributed by atoms with Crippen LogP contribution in [0.2, 0.25) is 0 Å². The summed E-state index contributed by atoms with van der Waals surface area (Å²) >= 11 is 0. The smallest absolute Gasteiger partial charge is 0.239 e. The van der Waals surface area contributed by atoms with Crippen molar-refractivity contribution in [2.75, 3.05) is 24.2 Å². The third-order valence-electron chi connectivity index (χ3n) is 3.04. The number of hydrogen-bond acceptors (Lipinski definition) is 3. The van der Waals surface area contributed by atoms with Crippen molar-refractivity contribution in [3.63, 3.8) is 0 Å². The number of benzene rings is 1. The Morgan fingerprint density at radius 2 is 2.24 bits per heavy atom. The maximum atomic E-state index is 11.7. The number of aryl methyl sites for hydroxylation is 1. The second-order valence-corrected chi connectivity index (χ2v) is 4.71. The summed E-state index contributed by atoms with van der Waals surface area (Å²) < 4.78 is 0. The van der Waals surface area contributed by atoms with Crippen LogP contribution in [0.5, 0.6) is 0 Å². The second-order valence-electron chi connectivity index (χ2n) is 4.71. The fourth-order valence-electron chi connectivity index (χ4n) is 1.80. The highest BCUT2D eigenvalue weighted by molar-refractivity contribution is 5.83. The van der Waals surface area contributed by atoms with E-state index in [1.54, 1.807) is 0 Å². The molecule has 0 bridgehead atoms. The van der Waals surface area contributed by atoms with Crippen molar-refractivity contribution in [2.24, 2.45) is 0 Å². The fourth-order valence-corrected chi connectivity index (χ4v) is 1.80. The van der Waals surface area contributed by atoms with Crippen molar-refractivity contribution < 1.29 is 4.79 Å². The molecule has 92 valence electrons. The van der Waals surface area contributed by atoms with Crippen molar-refractivity contribution in [2.45, 2.75) is 25.8 Å². The molecule has 0 heterocycles. The first-order valence-electron chi connectivity index (χ1n) is 5.93. The summed E-state index contributed by atoms with van der Waals surface area (Å²) in [6.45, 7) is 2.32. The molecular weight excluding hydrogens is 214 g/mol. The van der Waals surface area contributed by atoms with Crippen LogP contribution >= 0.6 is 0 Å². The van der Waals surface area contributed by atoms with E-state index in [0.717, 1.165) is 29.8 Å². The summed E-state index contributed by atoms with van der Waals surface area (Å²) in [6, 6.07) is 6.27. The van der Waals surface area contributed by atoms with Gasteiger partial charge in [0.25, 0.3) is 0 Å². The topological polar surface area (TPSA) is 58.4 Å². The highest BCUT2D eigenvalue weighted by Crippen LogP contribution is 2.25. The molecule has 0 saturated heterocycles. The number of likely N-dealkylation sites (N-methyl/N-ethyl adjacent to an activating group) is 1. The van der Waals surface area contributed by atoms with Gasteiger partial charge in [-0.05, 0) is 31.4 Å². The molecule has 0 atom stereocenters. The van der Waals surface area contributed by atoms with E-state index in [4.69, 9.17) is 5.73 Å². The van der Waals surface area contributed by atoms with Gasteiger partial charge in [0, 0.05) is 13.1 Å². The molecule has 1 amide bonds. The Morgan fingerprint density at radius 1 is 1.53 bits per heavy atom. The first-order chi connectivity index (χ1) is 8.08. The molecule has 0 aromatic heterocycles. The molecule has 0 aliphatic heterocycles. The molecular formula is C13H19N3O. The zero-order chi connectivity index (χ0) is 12.4. The van der Waals surface area contributed by atoms with Crippen LogP contribution in [0.15, 0.2) is 18.2 Å². The third kappa shape index (κ3) is 2.90. The van der Waals surface area contributed by atoms with Crippen LogP contribution in [-0.4, -0.2) is 25.5 Å². The SMILES string of the molecule is Cc1cccc(N(C)CC(=O)NC2CC2)c1N. The molecule has 4 heteroatoms. The van der Waals surface area contributed by atoms with E-state index in [9.17, 15) is 4.79 Å². The van der Waals surface area contributed by atoms with Crippen molar-refractivity contribution in [1.29, 1.82) is 0 Å². The zero-order valence-electron chi connectivity index (χ0n) is 10.4. The number of amides is 1. The van der Waals surface area contributed by atoms with E-state index in [1.165, 1.54) is 0 Å².